The summed E-state index contributed by atoms with van der Waals surface area (Å²) in [4.78, 5) is 37.5. The highest BCUT2D eigenvalue weighted by Crippen LogP contribution is 2.68. The van der Waals surface area contributed by atoms with E-state index >= 15 is 0 Å². The van der Waals surface area contributed by atoms with E-state index in [-0.39, 0.29) is 23.0 Å². The van der Waals surface area contributed by atoms with Gasteiger partial charge in [0, 0.05) is 13.0 Å². The quantitative estimate of drug-likeness (QED) is 0.224. The van der Waals surface area contributed by atoms with Gasteiger partial charge in [-0.05, 0) is 20.0 Å². The Labute approximate surface area is 129 Å². The largest absolute Gasteiger partial charge is 0.412 e. The lowest BCUT2D eigenvalue weighted by Gasteiger charge is -2.30. The van der Waals surface area contributed by atoms with Crippen LogP contribution in [0.1, 0.15) is 32.6 Å². The molecule has 0 unspecified atom stereocenters. The van der Waals surface area contributed by atoms with Crippen LogP contribution in [-0.4, -0.2) is 71.2 Å². The minimum Gasteiger partial charge on any atom is -0.412 e. The highest BCUT2D eigenvalue weighted by atomic mass is 31.2. The summed E-state index contributed by atoms with van der Waals surface area (Å²) in [7, 11) is -9.00. The Morgan fingerprint density at radius 1 is 0.909 bits per heavy atom. The van der Waals surface area contributed by atoms with Gasteiger partial charge in [-0.1, -0.05) is 19.8 Å². The molecule has 0 spiro atoms. The summed E-state index contributed by atoms with van der Waals surface area (Å²) in [6.45, 7) is 2.64. The molecule has 0 aliphatic heterocycles. The summed E-state index contributed by atoms with van der Waals surface area (Å²) in [5, 5.41) is 6.35. The molecule has 0 radical (unpaired) electrons. The summed E-state index contributed by atoms with van der Waals surface area (Å²) in [5.74, 6) is 0. The van der Waals surface area contributed by atoms with Crippen molar-refractivity contribution in [2.75, 3.05) is 20.1 Å². The van der Waals surface area contributed by atoms with Crippen molar-refractivity contribution in [2.45, 2.75) is 37.7 Å². The maximum atomic E-state index is 11.1. The predicted molar refractivity (Wildman–Crippen MR) is 81.5 cm³/mol. The summed E-state index contributed by atoms with van der Waals surface area (Å²) in [5.41, 5.74) is 0. The summed E-state index contributed by atoms with van der Waals surface area (Å²) < 4.78 is 22.2. The molecule has 0 aliphatic carbocycles. The van der Waals surface area contributed by atoms with E-state index in [0.29, 0.717) is 6.54 Å². The second-order valence-electron chi connectivity index (χ2n) is 4.62. The molecule has 0 aromatic carbocycles. The van der Waals surface area contributed by atoms with Crippen LogP contribution in [-0.2, 0) is 9.13 Å². The summed E-state index contributed by atoms with van der Waals surface area (Å²) >= 11 is 0. The molecule has 0 saturated heterocycles. The minimum atomic E-state index is -5.33. The van der Waals surface area contributed by atoms with Crippen LogP contribution in [0.2, 0.25) is 0 Å². The average Bonchev–Trinajstić information content (AvgIpc) is 2.23. The van der Waals surface area contributed by atoms with Gasteiger partial charge in [0.05, 0.1) is 0 Å². The Bertz CT molecular complexity index is 345. The van der Waals surface area contributed by atoms with Gasteiger partial charge in [0.25, 0.3) is 5.08 Å². The first-order valence-electron chi connectivity index (χ1n) is 5.98. The topological polar surface area (TPSA) is 233 Å². The first-order valence-corrected chi connectivity index (χ1v) is 9.20. The molecule has 0 bridgehead atoms. The molecule has 11 N–H and O–H groups in total. The molecule has 13 heteroatoms. The van der Waals surface area contributed by atoms with E-state index in [2.05, 4.69) is 0 Å². The standard InChI is InChI=1S/C9H23NO7P2.3H2O/c1-3-4-5-7-10(2)8-6-9(11,18(12,13)14)19(15,16)17;;;/h11H,3-8H2,1-2H3,(H2,12,13,14)(H2,15,16,17);3*1H2. The molecule has 0 fully saturated rings. The van der Waals surface area contributed by atoms with Crippen molar-refractivity contribution in [3.8, 4) is 0 Å². The summed E-state index contributed by atoms with van der Waals surface area (Å²) in [6.07, 6.45) is 2.19. The predicted octanol–water partition coefficient (Wildman–Crippen LogP) is -1.97. The zero-order valence-electron chi connectivity index (χ0n) is 12.6. The Kier molecular flexibility index (Phi) is 15.8. The average molecular weight is 373 g/mol. The number of nitrogens with zero attached hydrogens (tertiary/aromatic N) is 1. The van der Waals surface area contributed by atoms with Crippen LogP contribution in [0.15, 0.2) is 0 Å². The van der Waals surface area contributed by atoms with Crippen LogP contribution in [0.4, 0.5) is 0 Å². The number of aliphatic hydroxyl groups is 1. The lowest BCUT2D eigenvalue weighted by Crippen LogP contribution is -2.34. The van der Waals surface area contributed by atoms with E-state index in [9.17, 15) is 14.2 Å². The third-order valence-electron chi connectivity index (χ3n) is 2.91. The zero-order valence-corrected chi connectivity index (χ0v) is 14.4. The highest BCUT2D eigenvalue weighted by molar-refractivity contribution is 7.72. The lowest BCUT2D eigenvalue weighted by atomic mass is 10.2. The summed E-state index contributed by atoms with van der Waals surface area (Å²) in [6, 6.07) is 0. The van der Waals surface area contributed by atoms with E-state index in [1.54, 1.807) is 11.9 Å². The van der Waals surface area contributed by atoms with Crippen molar-refractivity contribution < 1.29 is 50.2 Å². The fraction of sp³-hybridized carbons (Fsp3) is 1.00. The Balaban J connectivity index is -0.000000540. The smallest absolute Gasteiger partial charge is 0.369 e. The maximum absolute atomic E-state index is 11.1. The monoisotopic (exact) mass is 373 g/mol. The van der Waals surface area contributed by atoms with Crippen molar-refractivity contribution in [2.24, 2.45) is 0 Å². The van der Waals surface area contributed by atoms with Crippen LogP contribution in [0.5, 0.6) is 0 Å². The number of rotatable bonds is 9. The Hall–Kier alpha value is 0.1000. The molecular formula is C9H29NO10P2. The molecule has 11 nitrogen and oxygen atoms in total. The molecular weight excluding hydrogens is 344 g/mol. The van der Waals surface area contributed by atoms with Gasteiger partial charge in [-0.15, -0.1) is 0 Å². The highest BCUT2D eigenvalue weighted by Gasteiger charge is 2.58. The Morgan fingerprint density at radius 2 is 1.32 bits per heavy atom. The number of hydrogen-bond donors (Lipinski definition) is 5. The van der Waals surface area contributed by atoms with Gasteiger partial charge >= 0.3 is 15.2 Å². The van der Waals surface area contributed by atoms with E-state index < -0.39 is 26.7 Å². The first kappa shape index (κ1) is 30.0. The third kappa shape index (κ3) is 8.66. The van der Waals surface area contributed by atoms with Crippen molar-refractivity contribution in [1.29, 1.82) is 0 Å². The molecule has 22 heavy (non-hydrogen) atoms. The molecule has 0 aliphatic rings. The number of unbranched alkanes of at least 4 members (excludes halogenated alkanes) is 2. The molecule has 0 rings (SSSR count). The Morgan fingerprint density at radius 3 is 1.64 bits per heavy atom. The van der Waals surface area contributed by atoms with Crippen LogP contribution in [0, 0.1) is 0 Å². The molecule has 0 aromatic heterocycles. The van der Waals surface area contributed by atoms with Crippen molar-refractivity contribution in [3.05, 3.63) is 0 Å². The SMILES string of the molecule is CCCCCN(C)CCC(O)(P(=O)(O)O)P(=O)(O)O.O.O.O. The number of hydrogen-bond acceptors (Lipinski definition) is 4. The van der Waals surface area contributed by atoms with Gasteiger partial charge in [0.2, 0.25) is 0 Å². The van der Waals surface area contributed by atoms with Gasteiger partial charge in [-0.2, -0.15) is 0 Å². The van der Waals surface area contributed by atoms with Crippen molar-refractivity contribution >= 4 is 15.2 Å². The van der Waals surface area contributed by atoms with E-state index in [4.69, 9.17) is 19.6 Å². The zero-order chi connectivity index (χ0) is 15.3. The molecule has 0 heterocycles. The van der Waals surface area contributed by atoms with E-state index in [0.717, 1.165) is 19.3 Å². The van der Waals surface area contributed by atoms with Gasteiger partial charge in [-0.3, -0.25) is 9.13 Å². The fourth-order valence-corrected chi connectivity index (χ4v) is 3.69. The van der Waals surface area contributed by atoms with Crippen molar-refractivity contribution in [1.82, 2.24) is 4.90 Å². The van der Waals surface area contributed by atoms with Crippen LogP contribution < -0.4 is 0 Å². The van der Waals surface area contributed by atoms with E-state index in [1.165, 1.54) is 0 Å². The van der Waals surface area contributed by atoms with Crippen LogP contribution >= 0.6 is 15.2 Å². The van der Waals surface area contributed by atoms with Crippen LogP contribution in [0.25, 0.3) is 0 Å². The molecule has 0 saturated carbocycles. The normalized spacial score (nSPS) is 12.2. The molecule has 0 atom stereocenters. The third-order valence-corrected chi connectivity index (χ3v) is 6.78. The maximum Gasteiger partial charge on any atom is 0.369 e. The van der Waals surface area contributed by atoms with Crippen LogP contribution in [0.3, 0.4) is 0 Å². The van der Waals surface area contributed by atoms with Gasteiger partial charge < -0.3 is 46.0 Å². The second-order valence-corrected chi connectivity index (χ2v) is 8.63. The van der Waals surface area contributed by atoms with Crippen molar-refractivity contribution in [3.63, 3.8) is 0 Å². The molecule has 0 aromatic rings. The van der Waals surface area contributed by atoms with Gasteiger partial charge in [-0.25, -0.2) is 0 Å². The second kappa shape index (κ2) is 11.6. The first-order chi connectivity index (χ1) is 8.45. The lowest BCUT2D eigenvalue weighted by molar-refractivity contribution is 0.112. The van der Waals surface area contributed by atoms with E-state index in [1.807, 2.05) is 6.92 Å². The van der Waals surface area contributed by atoms with Gasteiger partial charge in [0.1, 0.15) is 0 Å². The molecule has 140 valence electrons. The molecule has 0 amide bonds. The fourth-order valence-electron chi connectivity index (χ4n) is 1.55. The van der Waals surface area contributed by atoms with Gasteiger partial charge in [0.15, 0.2) is 0 Å². The minimum absolute atomic E-state index is 0.